The molecular weight excluding hydrogens is 232 g/mol. The molecule has 100 valence electrons. The first-order chi connectivity index (χ1) is 8.52. The zero-order valence-electron chi connectivity index (χ0n) is 11.0. The number of aliphatic hydroxyl groups is 1. The second-order valence-corrected chi connectivity index (χ2v) is 4.39. The molecule has 1 aromatic rings. The third-order valence-electron chi connectivity index (χ3n) is 2.65. The summed E-state index contributed by atoms with van der Waals surface area (Å²) in [6.45, 7) is 2.08. The number of anilines is 1. The van der Waals surface area contributed by atoms with E-state index in [1.165, 1.54) is 0 Å². The average molecular weight is 252 g/mol. The van der Waals surface area contributed by atoms with Gasteiger partial charge in [0.2, 0.25) is 0 Å². The number of hydrogen-bond acceptors (Lipinski definition) is 4. The molecule has 0 saturated carbocycles. The number of rotatable bonds is 5. The van der Waals surface area contributed by atoms with Crippen LogP contribution in [-0.4, -0.2) is 49.5 Å². The third-order valence-corrected chi connectivity index (χ3v) is 2.65. The van der Waals surface area contributed by atoms with Crippen LogP contribution in [0.2, 0.25) is 0 Å². The van der Waals surface area contributed by atoms with Gasteiger partial charge in [0.05, 0.1) is 12.6 Å². The van der Waals surface area contributed by atoms with Crippen LogP contribution in [0.5, 0.6) is 0 Å². The fourth-order valence-corrected chi connectivity index (χ4v) is 1.33. The van der Waals surface area contributed by atoms with E-state index < -0.39 is 6.09 Å². The Kier molecular flexibility index (Phi) is 5.61. The zero-order valence-corrected chi connectivity index (χ0v) is 11.0. The van der Waals surface area contributed by atoms with Gasteiger partial charge in [-0.3, -0.25) is 5.32 Å². The number of nitrogens with zero attached hydrogens (tertiary/aromatic N) is 1. The molecule has 0 aliphatic heterocycles. The van der Waals surface area contributed by atoms with Crippen LogP contribution in [0.25, 0.3) is 0 Å². The monoisotopic (exact) mass is 252 g/mol. The second kappa shape index (κ2) is 6.98. The van der Waals surface area contributed by atoms with E-state index in [1.54, 1.807) is 4.90 Å². The highest BCUT2D eigenvalue weighted by Crippen LogP contribution is 2.08. The number of aryl methyl sites for hydroxylation is 1. The standard InChI is InChI=1S/C13H20N2O3/c1-10-4-6-11(7-5-10)14-13(17)18-9-12(8-16)15(2)3/h4-7,12,16H,8-9H2,1-3H3,(H,14,17). The first-order valence-electron chi connectivity index (χ1n) is 5.80. The third kappa shape index (κ3) is 4.73. The Morgan fingerprint density at radius 1 is 1.39 bits per heavy atom. The van der Waals surface area contributed by atoms with E-state index in [9.17, 15) is 4.79 Å². The van der Waals surface area contributed by atoms with Gasteiger partial charge < -0.3 is 14.7 Å². The zero-order chi connectivity index (χ0) is 13.5. The Morgan fingerprint density at radius 2 is 2.00 bits per heavy atom. The van der Waals surface area contributed by atoms with Crippen molar-refractivity contribution in [3.63, 3.8) is 0 Å². The minimum absolute atomic E-state index is 0.0508. The second-order valence-electron chi connectivity index (χ2n) is 4.39. The average Bonchev–Trinajstić information content (AvgIpc) is 2.32. The van der Waals surface area contributed by atoms with Crippen molar-refractivity contribution in [1.82, 2.24) is 4.90 Å². The molecular formula is C13H20N2O3. The fourth-order valence-electron chi connectivity index (χ4n) is 1.33. The fraction of sp³-hybridized carbons (Fsp3) is 0.462. The molecule has 1 unspecified atom stereocenters. The van der Waals surface area contributed by atoms with Crippen LogP contribution in [0.4, 0.5) is 10.5 Å². The summed E-state index contributed by atoms with van der Waals surface area (Å²) in [5.41, 5.74) is 1.82. The van der Waals surface area contributed by atoms with Gasteiger partial charge in [0, 0.05) is 5.69 Å². The van der Waals surface area contributed by atoms with Crippen LogP contribution in [-0.2, 0) is 4.74 Å². The van der Waals surface area contributed by atoms with Gasteiger partial charge in [-0.15, -0.1) is 0 Å². The van der Waals surface area contributed by atoms with Gasteiger partial charge in [-0.05, 0) is 33.2 Å². The van der Waals surface area contributed by atoms with Gasteiger partial charge in [-0.1, -0.05) is 17.7 Å². The van der Waals surface area contributed by atoms with Crippen LogP contribution in [0.15, 0.2) is 24.3 Å². The molecule has 1 amide bonds. The van der Waals surface area contributed by atoms with Gasteiger partial charge in [0.15, 0.2) is 0 Å². The molecule has 0 spiro atoms. The number of carbonyl (C=O) groups excluding carboxylic acids is 1. The van der Waals surface area contributed by atoms with Crippen molar-refractivity contribution < 1.29 is 14.6 Å². The van der Waals surface area contributed by atoms with Crippen LogP contribution < -0.4 is 5.32 Å². The van der Waals surface area contributed by atoms with Crippen molar-refractivity contribution >= 4 is 11.8 Å². The van der Waals surface area contributed by atoms with E-state index in [2.05, 4.69) is 5.32 Å². The lowest BCUT2D eigenvalue weighted by Crippen LogP contribution is -2.37. The molecule has 5 heteroatoms. The van der Waals surface area contributed by atoms with E-state index in [0.717, 1.165) is 5.56 Å². The molecule has 0 aliphatic carbocycles. The quantitative estimate of drug-likeness (QED) is 0.833. The summed E-state index contributed by atoms with van der Waals surface area (Å²) in [6.07, 6.45) is -0.515. The van der Waals surface area contributed by atoms with Gasteiger partial charge >= 0.3 is 6.09 Å². The molecule has 0 radical (unpaired) electrons. The summed E-state index contributed by atoms with van der Waals surface area (Å²) in [4.78, 5) is 13.3. The number of aliphatic hydroxyl groups excluding tert-OH is 1. The maximum atomic E-state index is 11.5. The first kappa shape index (κ1) is 14.5. The van der Waals surface area contributed by atoms with Crippen molar-refractivity contribution in [2.24, 2.45) is 0 Å². The minimum atomic E-state index is -0.515. The largest absolute Gasteiger partial charge is 0.448 e. The summed E-state index contributed by atoms with van der Waals surface area (Å²) >= 11 is 0. The number of benzene rings is 1. The van der Waals surface area contributed by atoms with Gasteiger partial charge in [-0.25, -0.2) is 4.79 Å². The van der Waals surface area contributed by atoms with E-state index in [4.69, 9.17) is 9.84 Å². The highest BCUT2D eigenvalue weighted by molar-refractivity contribution is 5.84. The normalized spacial score (nSPS) is 12.3. The SMILES string of the molecule is Cc1ccc(NC(=O)OCC(CO)N(C)C)cc1. The highest BCUT2D eigenvalue weighted by Gasteiger charge is 2.12. The summed E-state index contributed by atoms with van der Waals surface area (Å²) in [7, 11) is 3.64. The van der Waals surface area contributed by atoms with E-state index >= 15 is 0 Å². The molecule has 0 aliphatic rings. The number of likely N-dealkylation sites (N-methyl/N-ethyl adjacent to an activating group) is 1. The van der Waals surface area contributed by atoms with Crippen molar-refractivity contribution in [3.05, 3.63) is 29.8 Å². The molecule has 2 N–H and O–H groups in total. The number of nitrogens with one attached hydrogen (secondary N) is 1. The molecule has 1 atom stereocenters. The molecule has 0 bridgehead atoms. The highest BCUT2D eigenvalue weighted by atomic mass is 16.5. The predicted molar refractivity (Wildman–Crippen MR) is 70.7 cm³/mol. The van der Waals surface area contributed by atoms with Gasteiger partial charge in [0.25, 0.3) is 0 Å². The lowest BCUT2D eigenvalue weighted by atomic mass is 10.2. The summed E-state index contributed by atoms with van der Waals surface area (Å²) < 4.78 is 5.04. The van der Waals surface area contributed by atoms with Crippen molar-refractivity contribution in [1.29, 1.82) is 0 Å². The number of carbonyl (C=O) groups is 1. The lowest BCUT2D eigenvalue weighted by Gasteiger charge is -2.21. The molecule has 0 saturated heterocycles. The maximum Gasteiger partial charge on any atom is 0.411 e. The molecule has 5 nitrogen and oxygen atoms in total. The number of ether oxygens (including phenoxy) is 1. The van der Waals surface area contributed by atoms with Gasteiger partial charge in [-0.2, -0.15) is 0 Å². The molecule has 0 heterocycles. The van der Waals surface area contributed by atoms with Crippen LogP contribution >= 0.6 is 0 Å². The van der Waals surface area contributed by atoms with Crippen molar-refractivity contribution in [2.75, 3.05) is 32.6 Å². The summed E-state index contributed by atoms with van der Waals surface area (Å²) in [5.74, 6) is 0. The summed E-state index contributed by atoms with van der Waals surface area (Å²) in [6, 6.07) is 7.25. The number of hydrogen-bond donors (Lipinski definition) is 2. The molecule has 0 aromatic heterocycles. The van der Waals surface area contributed by atoms with Crippen molar-refractivity contribution in [3.8, 4) is 0 Å². The Bertz CT molecular complexity index is 376. The Hall–Kier alpha value is -1.59. The van der Waals surface area contributed by atoms with E-state index in [-0.39, 0.29) is 19.3 Å². The van der Waals surface area contributed by atoms with Crippen LogP contribution in [0.3, 0.4) is 0 Å². The number of amides is 1. The van der Waals surface area contributed by atoms with E-state index in [1.807, 2.05) is 45.3 Å². The lowest BCUT2D eigenvalue weighted by molar-refractivity contribution is 0.0880. The molecule has 1 rings (SSSR count). The van der Waals surface area contributed by atoms with Gasteiger partial charge in [0.1, 0.15) is 6.61 Å². The van der Waals surface area contributed by atoms with E-state index in [0.29, 0.717) is 5.69 Å². The predicted octanol–water partition coefficient (Wildman–Crippen LogP) is 1.47. The minimum Gasteiger partial charge on any atom is -0.448 e. The molecule has 18 heavy (non-hydrogen) atoms. The Morgan fingerprint density at radius 3 is 2.50 bits per heavy atom. The Balaban J connectivity index is 2.40. The van der Waals surface area contributed by atoms with Crippen molar-refractivity contribution in [2.45, 2.75) is 13.0 Å². The van der Waals surface area contributed by atoms with Crippen LogP contribution in [0, 0.1) is 6.92 Å². The topological polar surface area (TPSA) is 61.8 Å². The summed E-state index contributed by atoms with van der Waals surface area (Å²) in [5, 5.41) is 11.7. The molecule has 1 aromatic carbocycles. The van der Waals surface area contributed by atoms with Crippen LogP contribution in [0.1, 0.15) is 5.56 Å². The maximum absolute atomic E-state index is 11.5. The Labute approximate surface area is 107 Å². The molecule has 0 fully saturated rings. The first-order valence-corrected chi connectivity index (χ1v) is 5.80. The smallest absolute Gasteiger partial charge is 0.411 e.